The van der Waals surface area contributed by atoms with E-state index in [1.54, 1.807) is 12.1 Å². The summed E-state index contributed by atoms with van der Waals surface area (Å²) in [4.78, 5) is 28.8. The van der Waals surface area contributed by atoms with E-state index in [9.17, 15) is 9.59 Å². The number of nitrogens with zero attached hydrogens (tertiary/aromatic N) is 2. The highest BCUT2D eigenvalue weighted by Crippen LogP contribution is 2.19. The van der Waals surface area contributed by atoms with Gasteiger partial charge in [0.2, 0.25) is 0 Å². The summed E-state index contributed by atoms with van der Waals surface area (Å²) < 4.78 is 0.785. The molecule has 0 spiro atoms. The summed E-state index contributed by atoms with van der Waals surface area (Å²) in [5.74, 6) is -1.25. The molecule has 0 aromatic carbocycles. The molecule has 1 N–H and O–H groups in total. The van der Waals surface area contributed by atoms with Gasteiger partial charge in [-0.15, -0.1) is 0 Å². The van der Waals surface area contributed by atoms with Gasteiger partial charge in [0.25, 0.3) is 5.91 Å². The van der Waals surface area contributed by atoms with Crippen molar-refractivity contribution in [3.05, 3.63) is 28.5 Å². The van der Waals surface area contributed by atoms with Gasteiger partial charge in [0.05, 0.1) is 0 Å². The summed E-state index contributed by atoms with van der Waals surface area (Å²) in [7, 11) is 0. The first-order chi connectivity index (χ1) is 8.59. The number of rotatable bonds is 2. The molecule has 96 valence electrons. The fourth-order valence-electron chi connectivity index (χ4n) is 2.08. The van der Waals surface area contributed by atoms with Gasteiger partial charge in [0.15, 0.2) is 0 Å². The third-order valence-corrected chi connectivity index (χ3v) is 3.46. The number of carboxylic acids is 1. The van der Waals surface area contributed by atoms with Crippen molar-refractivity contribution in [2.75, 3.05) is 6.54 Å². The lowest BCUT2D eigenvalue weighted by Crippen LogP contribution is -2.48. The van der Waals surface area contributed by atoms with Crippen LogP contribution in [0.3, 0.4) is 0 Å². The minimum atomic E-state index is -0.944. The quantitative estimate of drug-likeness (QED) is 0.905. The van der Waals surface area contributed by atoms with Crippen molar-refractivity contribution in [2.24, 2.45) is 0 Å². The molecule has 1 aromatic heterocycles. The predicted molar refractivity (Wildman–Crippen MR) is 68.2 cm³/mol. The maximum atomic E-state index is 12.2. The number of piperidine rings is 1. The first-order valence-electron chi connectivity index (χ1n) is 5.75. The summed E-state index contributed by atoms with van der Waals surface area (Å²) in [6.45, 7) is 0.480. The zero-order valence-electron chi connectivity index (χ0n) is 9.67. The number of likely N-dealkylation sites (tertiary alicyclic amines) is 1. The molecule has 1 saturated heterocycles. The lowest BCUT2D eigenvalue weighted by atomic mass is 10.0. The van der Waals surface area contributed by atoms with Crippen LogP contribution in [0.25, 0.3) is 0 Å². The smallest absolute Gasteiger partial charge is 0.326 e. The minimum absolute atomic E-state index is 0.284. The Labute approximate surface area is 113 Å². The van der Waals surface area contributed by atoms with E-state index in [2.05, 4.69) is 20.9 Å². The van der Waals surface area contributed by atoms with E-state index in [0.29, 0.717) is 13.0 Å². The number of carboxylic acid groups (broad SMARTS) is 1. The van der Waals surface area contributed by atoms with Crippen LogP contribution in [0, 0.1) is 0 Å². The van der Waals surface area contributed by atoms with Crippen molar-refractivity contribution < 1.29 is 14.7 Å². The molecule has 18 heavy (non-hydrogen) atoms. The largest absolute Gasteiger partial charge is 0.480 e. The van der Waals surface area contributed by atoms with Crippen LogP contribution >= 0.6 is 15.9 Å². The van der Waals surface area contributed by atoms with Gasteiger partial charge in [-0.1, -0.05) is 0 Å². The number of aromatic nitrogens is 1. The third-order valence-electron chi connectivity index (χ3n) is 3.00. The van der Waals surface area contributed by atoms with E-state index in [-0.39, 0.29) is 11.6 Å². The Hall–Kier alpha value is -1.43. The molecule has 6 heteroatoms. The van der Waals surface area contributed by atoms with Gasteiger partial charge in [-0.05, 0) is 47.3 Å². The highest BCUT2D eigenvalue weighted by atomic mass is 79.9. The van der Waals surface area contributed by atoms with Gasteiger partial charge in [-0.2, -0.15) is 0 Å². The summed E-state index contributed by atoms with van der Waals surface area (Å²) in [5.41, 5.74) is 0.284. The van der Waals surface area contributed by atoms with Crippen molar-refractivity contribution in [3.63, 3.8) is 0 Å². The number of carbonyl (C=O) groups is 2. The highest BCUT2D eigenvalue weighted by molar-refractivity contribution is 9.10. The molecule has 1 aliphatic heterocycles. The van der Waals surface area contributed by atoms with Crippen LogP contribution in [0.4, 0.5) is 0 Å². The van der Waals surface area contributed by atoms with Crippen LogP contribution in [0.2, 0.25) is 0 Å². The summed E-state index contributed by atoms with van der Waals surface area (Å²) in [6.07, 6.45) is 3.73. The average Bonchev–Trinajstić information content (AvgIpc) is 2.39. The summed E-state index contributed by atoms with van der Waals surface area (Å²) in [5, 5.41) is 9.13. The second-order valence-electron chi connectivity index (χ2n) is 4.21. The van der Waals surface area contributed by atoms with Crippen molar-refractivity contribution in [2.45, 2.75) is 25.3 Å². The monoisotopic (exact) mass is 312 g/mol. The van der Waals surface area contributed by atoms with E-state index >= 15 is 0 Å². The number of amides is 1. The van der Waals surface area contributed by atoms with Crippen LogP contribution in [-0.4, -0.2) is 39.5 Å². The van der Waals surface area contributed by atoms with Crippen LogP contribution in [-0.2, 0) is 4.79 Å². The molecule has 2 heterocycles. The summed E-state index contributed by atoms with van der Waals surface area (Å²) in [6, 6.07) is 2.59. The van der Waals surface area contributed by atoms with E-state index < -0.39 is 12.0 Å². The van der Waals surface area contributed by atoms with Gasteiger partial charge < -0.3 is 10.0 Å². The maximum Gasteiger partial charge on any atom is 0.326 e. The SMILES string of the molecule is O=C(O)C1CCCCN1C(=O)c1ccc(Br)cn1. The third kappa shape index (κ3) is 2.69. The minimum Gasteiger partial charge on any atom is -0.480 e. The van der Waals surface area contributed by atoms with Crippen molar-refractivity contribution in [1.82, 2.24) is 9.88 Å². The number of halogens is 1. The lowest BCUT2D eigenvalue weighted by molar-refractivity contribution is -0.143. The summed E-state index contributed by atoms with van der Waals surface area (Å²) >= 11 is 3.24. The zero-order chi connectivity index (χ0) is 13.1. The molecule has 1 aliphatic rings. The molecule has 5 nitrogen and oxygen atoms in total. The fourth-order valence-corrected chi connectivity index (χ4v) is 2.32. The maximum absolute atomic E-state index is 12.2. The van der Waals surface area contributed by atoms with E-state index in [1.165, 1.54) is 11.1 Å². The Morgan fingerprint density at radius 1 is 1.39 bits per heavy atom. The van der Waals surface area contributed by atoms with Gasteiger partial charge in [0.1, 0.15) is 11.7 Å². The van der Waals surface area contributed by atoms with Crippen LogP contribution in [0.1, 0.15) is 29.8 Å². The molecule has 1 aromatic rings. The molecular formula is C12H13BrN2O3. The molecule has 0 radical (unpaired) electrons. The van der Waals surface area contributed by atoms with Crippen LogP contribution in [0.15, 0.2) is 22.8 Å². The number of carbonyl (C=O) groups excluding carboxylic acids is 1. The Kier molecular flexibility index (Phi) is 3.96. The Bertz CT molecular complexity index is 461. The van der Waals surface area contributed by atoms with Crippen molar-refractivity contribution >= 4 is 27.8 Å². The zero-order valence-corrected chi connectivity index (χ0v) is 11.3. The molecular weight excluding hydrogens is 300 g/mol. The second-order valence-corrected chi connectivity index (χ2v) is 5.13. The number of hydrogen-bond acceptors (Lipinski definition) is 3. The highest BCUT2D eigenvalue weighted by Gasteiger charge is 2.32. The lowest BCUT2D eigenvalue weighted by Gasteiger charge is -2.32. The second kappa shape index (κ2) is 5.48. The number of aliphatic carboxylic acids is 1. The topological polar surface area (TPSA) is 70.5 Å². The van der Waals surface area contributed by atoms with Gasteiger partial charge in [0, 0.05) is 17.2 Å². The van der Waals surface area contributed by atoms with Crippen molar-refractivity contribution in [1.29, 1.82) is 0 Å². The van der Waals surface area contributed by atoms with Gasteiger partial charge in [-0.25, -0.2) is 9.78 Å². The molecule has 0 bridgehead atoms. The molecule has 0 saturated carbocycles. The molecule has 2 rings (SSSR count). The molecule has 0 aliphatic carbocycles. The predicted octanol–water partition coefficient (Wildman–Crippen LogP) is 1.92. The van der Waals surface area contributed by atoms with E-state index in [4.69, 9.17) is 5.11 Å². The average molecular weight is 313 g/mol. The Balaban J connectivity index is 2.20. The molecule has 1 amide bonds. The Morgan fingerprint density at radius 3 is 2.78 bits per heavy atom. The van der Waals surface area contributed by atoms with E-state index in [0.717, 1.165) is 17.3 Å². The molecule has 1 unspecified atom stereocenters. The van der Waals surface area contributed by atoms with Crippen LogP contribution < -0.4 is 0 Å². The standard InChI is InChI=1S/C12H13BrN2O3/c13-8-4-5-9(14-7-8)11(16)15-6-2-1-3-10(15)12(17)18/h4-5,7,10H,1-3,6H2,(H,17,18). The normalized spacial score (nSPS) is 19.6. The molecule has 1 fully saturated rings. The first kappa shape index (κ1) is 13.0. The first-order valence-corrected chi connectivity index (χ1v) is 6.54. The van der Waals surface area contributed by atoms with Crippen molar-refractivity contribution in [3.8, 4) is 0 Å². The molecule has 1 atom stereocenters. The Morgan fingerprint density at radius 2 is 2.17 bits per heavy atom. The van der Waals surface area contributed by atoms with Gasteiger partial charge >= 0.3 is 5.97 Å². The number of hydrogen-bond donors (Lipinski definition) is 1. The van der Waals surface area contributed by atoms with Crippen LogP contribution in [0.5, 0.6) is 0 Å². The van der Waals surface area contributed by atoms with Gasteiger partial charge in [-0.3, -0.25) is 4.79 Å². The number of pyridine rings is 1. The van der Waals surface area contributed by atoms with E-state index in [1.807, 2.05) is 0 Å². The fraction of sp³-hybridized carbons (Fsp3) is 0.417.